The van der Waals surface area contributed by atoms with E-state index in [-0.39, 0.29) is 20.0 Å². The van der Waals surface area contributed by atoms with Gasteiger partial charge < -0.3 is 37.9 Å². The summed E-state index contributed by atoms with van der Waals surface area (Å²) in [4.78, 5) is 26.5. The lowest BCUT2D eigenvalue weighted by molar-refractivity contribution is -0.156. The van der Waals surface area contributed by atoms with Crippen molar-refractivity contribution < 1.29 is 47.5 Å². The van der Waals surface area contributed by atoms with Crippen LogP contribution in [-0.4, -0.2) is 53.3 Å². The number of hydrogen-bond donors (Lipinski definition) is 0. The van der Waals surface area contributed by atoms with E-state index in [1.807, 2.05) is 31.2 Å². The molecule has 3 aliphatic rings. The van der Waals surface area contributed by atoms with Gasteiger partial charge in [0.25, 0.3) is 0 Å². The number of aryl methyl sites for hydroxylation is 1. The summed E-state index contributed by atoms with van der Waals surface area (Å²) < 4.78 is 45.5. The fraction of sp³-hybridized carbons (Fsp3) is 0.355. The second kappa shape index (κ2) is 11.2. The number of carbonyl (C=O) groups excluding carboxylic acids is 2. The molecule has 2 aliphatic heterocycles. The van der Waals surface area contributed by atoms with Crippen molar-refractivity contribution in [2.45, 2.75) is 18.9 Å². The van der Waals surface area contributed by atoms with Gasteiger partial charge >= 0.3 is 11.9 Å². The van der Waals surface area contributed by atoms with E-state index >= 15 is 0 Å². The molecule has 0 spiro atoms. The Hall–Kier alpha value is -4.31. The summed E-state index contributed by atoms with van der Waals surface area (Å²) in [7, 11) is 4.59. The Morgan fingerprint density at radius 2 is 1.60 bits per heavy atom. The first-order valence-corrected chi connectivity index (χ1v) is 13.7. The van der Waals surface area contributed by atoms with Gasteiger partial charge in [0, 0.05) is 22.4 Å². The Balaban J connectivity index is 1.40. The number of halogens is 1. The Kier molecular flexibility index (Phi) is 7.40. The lowest BCUT2D eigenvalue weighted by atomic mass is 9.66. The molecular weight excluding hydrogens is 568 g/mol. The molecule has 1 fully saturated rings. The topological polar surface area (TPSA) is 108 Å². The summed E-state index contributed by atoms with van der Waals surface area (Å²) in [5, 5.41) is 0.568. The smallest absolute Gasteiger partial charge is 0.344 e. The maximum absolute atomic E-state index is 13.3. The molecule has 11 heteroatoms. The molecule has 4 atom stereocenters. The second-order valence-electron chi connectivity index (χ2n) is 10.2. The van der Waals surface area contributed by atoms with Crippen molar-refractivity contribution in [3.05, 3.63) is 69.7 Å². The molecule has 1 saturated heterocycles. The number of methoxy groups -OCH3 is 3. The standard InChI is InChI=1S/C31H29ClO10/c1-15-7-17(32)5-6-21(15)38-13-26(33)42-29-19-11-23-22(40-14-41-23)10-18(19)27(28-20(29)12-39-31(28)34)16-8-24(35-2)30(37-4)25(9-16)36-3/h5-11,20,27-29H,12-14H2,1-4H3. The van der Waals surface area contributed by atoms with E-state index in [0.717, 1.165) is 16.7 Å². The summed E-state index contributed by atoms with van der Waals surface area (Å²) in [5.74, 6) is 0.263. The average molecular weight is 597 g/mol. The zero-order valence-corrected chi connectivity index (χ0v) is 24.2. The van der Waals surface area contributed by atoms with Crippen molar-refractivity contribution in [1.29, 1.82) is 0 Å². The van der Waals surface area contributed by atoms with Crippen molar-refractivity contribution in [1.82, 2.24) is 0 Å². The summed E-state index contributed by atoms with van der Waals surface area (Å²) in [6.07, 6.45) is -0.799. The molecule has 6 rings (SSSR count). The van der Waals surface area contributed by atoms with E-state index in [9.17, 15) is 9.59 Å². The molecule has 0 bridgehead atoms. The van der Waals surface area contributed by atoms with E-state index in [1.165, 1.54) is 21.3 Å². The normalized spacial score (nSPS) is 21.6. The van der Waals surface area contributed by atoms with Crippen LogP contribution < -0.4 is 28.4 Å². The quantitative estimate of drug-likeness (QED) is 0.330. The van der Waals surface area contributed by atoms with Crippen LogP contribution in [0.2, 0.25) is 5.02 Å². The van der Waals surface area contributed by atoms with Crippen molar-refractivity contribution in [2.24, 2.45) is 11.8 Å². The van der Waals surface area contributed by atoms with Gasteiger partial charge in [0.2, 0.25) is 12.5 Å². The largest absolute Gasteiger partial charge is 0.493 e. The minimum absolute atomic E-state index is 0.0563. The molecule has 0 N–H and O–H groups in total. The molecule has 0 aromatic heterocycles. The Labute approximate surface area is 247 Å². The van der Waals surface area contributed by atoms with Gasteiger partial charge in [-0.3, -0.25) is 4.79 Å². The monoisotopic (exact) mass is 596 g/mol. The van der Waals surface area contributed by atoms with Crippen LogP contribution in [0.1, 0.15) is 34.3 Å². The van der Waals surface area contributed by atoms with Gasteiger partial charge in [-0.25, -0.2) is 4.79 Å². The Morgan fingerprint density at radius 1 is 0.905 bits per heavy atom. The molecule has 10 nitrogen and oxygen atoms in total. The van der Waals surface area contributed by atoms with Gasteiger partial charge in [0.05, 0.1) is 33.9 Å². The molecule has 4 unspecified atom stereocenters. The van der Waals surface area contributed by atoms with E-state index in [2.05, 4.69) is 0 Å². The van der Waals surface area contributed by atoms with Crippen LogP contribution >= 0.6 is 11.6 Å². The van der Waals surface area contributed by atoms with Crippen molar-refractivity contribution >= 4 is 23.5 Å². The zero-order chi connectivity index (χ0) is 29.5. The molecule has 220 valence electrons. The molecular formula is C31H29ClO10. The second-order valence-corrected chi connectivity index (χ2v) is 10.6. The minimum Gasteiger partial charge on any atom is -0.493 e. The molecule has 0 amide bonds. The van der Waals surface area contributed by atoms with Gasteiger partial charge in [-0.2, -0.15) is 0 Å². The molecule has 3 aromatic rings. The average Bonchev–Trinajstić information content (AvgIpc) is 3.61. The van der Waals surface area contributed by atoms with Crippen molar-refractivity contribution in [2.75, 3.05) is 41.3 Å². The molecule has 42 heavy (non-hydrogen) atoms. The van der Waals surface area contributed by atoms with Gasteiger partial charge in [0.1, 0.15) is 11.9 Å². The SMILES string of the molecule is COc1cc(C2c3cc4c(cc3C(OC(=O)COc3ccc(Cl)cc3C)C3COC(=O)C23)OCO4)cc(OC)c1OC. The van der Waals surface area contributed by atoms with E-state index in [1.54, 1.807) is 18.2 Å². The number of cyclic esters (lactones) is 1. The fourth-order valence-corrected chi connectivity index (χ4v) is 6.26. The van der Waals surface area contributed by atoms with Crippen LogP contribution in [0.3, 0.4) is 0 Å². The maximum atomic E-state index is 13.3. The first-order chi connectivity index (χ1) is 20.3. The highest BCUT2D eigenvalue weighted by Crippen LogP contribution is 2.56. The van der Waals surface area contributed by atoms with E-state index < -0.39 is 35.8 Å². The van der Waals surface area contributed by atoms with Gasteiger partial charge in [-0.1, -0.05) is 11.6 Å². The zero-order valence-electron chi connectivity index (χ0n) is 23.4. The lowest BCUT2D eigenvalue weighted by Crippen LogP contribution is -2.37. The highest BCUT2D eigenvalue weighted by molar-refractivity contribution is 6.30. The number of esters is 2. The van der Waals surface area contributed by atoms with Crippen molar-refractivity contribution in [3.8, 4) is 34.5 Å². The van der Waals surface area contributed by atoms with Crippen LogP contribution in [0.15, 0.2) is 42.5 Å². The molecule has 0 saturated carbocycles. The third kappa shape index (κ3) is 4.79. The first-order valence-electron chi connectivity index (χ1n) is 13.3. The van der Waals surface area contributed by atoms with Gasteiger partial charge in [-0.05, 0) is 66.1 Å². The lowest BCUT2D eigenvalue weighted by Gasteiger charge is -2.38. The summed E-state index contributed by atoms with van der Waals surface area (Å²) >= 11 is 6.04. The van der Waals surface area contributed by atoms with Crippen molar-refractivity contribution in [3.63, 3.8) is 0 Å². The third-order valence-electron chi connectivity index (χ3n) is 7.91. The number of hydrogen-bond acceptors (Lipinski definition) is 10. The number of ether oxygens (including phenoxy) is 8. The minimum atomic E-state index is -0.799. The van der Waals surface area contributed by atoms with Crippen LogP contribution in [0.4, 0.5) is 0 Å². The fourth-order valence-electron chi connectivity index (χ4n) is 6.03. The van der Waals surface area contributed by atoms with Crippen LogP contribution in [-0.2, 0) is 19.1 Å². The first kappa shape index (κ1) is 27.8. The number of rotatable bonds is 8. The molecule has 0 radical (unpaired) electrons. The predicted octanol–water partition coefficient (Wildman–Crippen LogP) is 5.00. The third-order valence-corrected chi connectivity index (χ3v) is 8.14. The Morgan fingerprint density at radius 3 is 2.24 bits per heavy atom. The summed E-state index contributed by atoms with van der Waals surface area (Å²) in [5.41, 5.74) is 2.95. The predicted molar refractivity (Wildman–Crippen MR) is 149 cm³/mol. The van der Waals surface area contributed by atoms with Crippen LogP contribution in [0.25, 0.3) is 0 Å². The van der Waals surface area contributed by atoms with E-state index in [4.69, 9.17) is 49.5 Å². The Bertz CT molecular complexity index is 1530. The highest BCUT2D eigenvalue weighted by Gasteiger charge is 2.54. The summed E-state index contributed by atoms with van der Waals surface area (Å²) in [6, 6.07) is 12.4. The van der Waals surface area contributed by atoms with Gasteiger partial charge in [0.15, 0.2) is 29.6 Å². The number of carbonyl (C=O) groups is 2. The van der Waals surface area contributed by atoms with Gasteiger partial charge in [-0.15, -0.1) is 0 Å². The van der Waals surface area contributed by atoms with E-state index in [0.29, 0.717) is 45.1 Å². The van der Waals surface area contributed by atoms with Crippen LogP contribution in [0, 0.1) is 18.8 Å². The summed E-state index contributed by atoms with van der Waals surface area (Å²) in [6.45, 7) is 1.64. The molecule has 1 aliphatic carbocycles. The number of fused-ring (bicyclic) bond motifs is 3. The maximum Gasteiger partial charge on any atom is 0.344 e. The molecule has 3 aromatic carbocycles. The molecule has 2 heterocycles. The highest BCUT2D eigenvalue weighted by atomic mass is 35.5. The number of benzene rings is 3. The van der Waals surface area contributed by atoms with Crippen LogP contribution in [0.5, 0.6) is 34.5 Å².